The molecule has 2 heterocycles. The summed E-state index contributed by atoms with van der Waals surface area (Å²) in [7, 11) is 0. The molecule has 1 saturated heterocycles. The molecule has 0 unspecified atom stereocenters. The summed E-state index contributed by atoms with van der Waals surface area (Å²) < 4.78 is 0. The molecule has 1 aliphatic heterocycles. The zero-order chi connectivity index (χ0) is 17.1. The highest BCUT2D eigenvalue weighted by molar-refractivity contribution is 7.12. The van der Waals surface area contributed by atoms with Gasteiger partial charge in [-0.25, -0.2) is 0 Å². The lowest BCUT2D eigenvalue weighted by Gasteiger charge is -2.14. The van der Waals surface area contributed by atoms with E-state index < -0.39 is 0 Å². The van der Waals surface area contributed by atoms with E-state index in [9.17, 15) is 14.4 Å². The van der Waals surface area contributed by atoms with E-state index in [4.69, 9.17) is 0 Å². The van der Waals surface area contributed by atoms with Crippen LogP contribution in [0.1, 0.15) is 40.6 Å². The molecule has 3 amide bonds. The van der Waals surface area contributed by atoms with Gasteiger partial charge in [0.15, 0.2) is 0 Å². The first kappa shape index (κ1) is 16.4. The minimum Gasteiger partial charge on any atom is -0.321 e. The molecular weight excluding hydrogens is 324 g/mol. The monoisotopic (exact) mass is 342 g/mol. The molecule has 124 valence electrons. The number of aryl methyl sites for hydroxylation is 1. The zero-order valence-corrected chi connectivity index (χ0v) is 14.2. The van der Waals surface area contributed by atoms with Crippen molar-refractivity contribution in [1.29, 1.82) is 0 Å². The van der Waals surface area contributed by atoms with Crippen molar-refractivity contribution in [2.45, 2.75) is 32.7 Å². The van der Waals surface area contributed by atoms with Gasteiger partial charge in [0.1, 0.15) is 0 Å². The quantitative estimate of drug-likeness (QED) is 0.849. The number of likely N-dealkylation sites (tertiary alicyclic amines) is 1. The standard InChI is InChI=1S/C18H18N2O3S/c1-2-13-9-10-24-17(13)18(23)19-14-5-3-12(4-6-14)11-20-15(21)7-8-16(20)22/h3-6,9-10H,2,7-8,11H2,1H3,(H,19,23). The molecule has 1 aromatic heterocycles. The molecule has 6 heteroatoms. The summed E-state index contributed by atoms with van der Waals surface area (Å²) in [5.74, 6) is -0.358. The molecule has 1 aliphatic rings. The summed E-state index contributed by atoms with van der Waals surface area (Å²) in [6.45, 7) is 2.31. The van der Waals surface area contributed by atoms with Crippen LogP contribution < -0.4 is 5.32 Å². The molecule has 0 atom stereocenters. The average Bonchev–Trinajstić information content (AvgIpc) is 3.18. The molecule has 0 spiro atoms. The van der Waals surface area contributed by atoms with E-state index in [2.05, 4.69) is 5.32 Å². The SMILES string of the molecule is CCc1ccsc1C(=O)Nc1ccc(CN2C(=O)CCC2=O)cc1. The van der Waals surface area contributed by atoms with E-state index in [1.807, 2.05) is 30.5 Å². The number of imide groups is 1. The van der Waals surface area contributed by atoms with Gasteiger partial charge in [0, 0.05) is 18.5 Å². The number of carbonyl (C=O) groups excluding carboxylic acids is 3. The van der Waals surface area contributed by atoms with Gasteiger partial charge in [0.2, 0.25) is 11.8 Å². The second-order valence-electron chi connectivity index (χ2n) is 5.65. The molecule has 0 bridgehead atoms. The Labute approximate surface area is 144 Å². The van der Waals surface area contributed by atoms with E-state index in [1.165, 1.54) is 16.2 Å². The van der Waals surface area contributed by atoms with E-state index in [0.717, 1.165) is 22.4 Å². The number of rotatable bonds is 5. The summed E-state index contributed by atoms with van der Waals surface area (Å²) in [6.07, 6.45) is 1.42. The third kappa shape index (κ3) is 3.38. The van der Waals surface area contributed by atoms with Crippen molar-refractivity contribution in [2.24, 2.45) is 0 Å². The molecule has 1 aromatic carbocycles. The highest BCUT2D eigenvalue weighted by atomic mass is 32.1. The van der Waals surface area contributed by atoms with Gasteiger partial charge in [-0.3, -0.25) is 19.3 Å². The van der Waals surface area contributed by atoms with Crippen molar-refractivity contribution < 1.29 is 14.4 Å². The predicted molar refractivity (Wildman–Crippen MR) is 92.9 cm³/mol. The van der Waals surface area contributed by atoms with Crippen LogP contribution in [0.2, 0.25) is 0 Å². The minimum absolute atomic E-state index is 0.112. The zero-order valence-electron chi connectivity index (χ0n) is 13.4. The highest BCUT2D eigenvalue weighted by Crippen LogP contribution is 2.21. The van der Waals surface area contributed by atoms with Gasteiger partial charge in [-0.2, -0.15) is 0 Å². The number of hydrogen-bond acceptors (Lipinski definition) is 4. The van der Waals surface area contributed by atoms with Gasteiger partial charge < -0.3 is 5.32 Å². The Morgan fingerprint density at radius 1 is 1.12 bits per heavy atom. The van der Waals surface area contributed by atoms with Gasteiger partial charge in [0.25, 0.3) is 5.91 Å². The summed E-state index contributed by atoms with van der Waals surface area (Å²) >= 11 is 1.43. The second kappa shape index (κ2) is 6.97. The maximum Gasteiger partial charge on any atom is 0.266 e. The van der Waals surface area contributed by atoms with Gasteiger partial charge in [-0.1, -0.05) is 19.1 Å². The van der Waals surface area contributed by atoms with Crippen LogP contribution in [0.4, 0.5) is 5.69 Å². The summed E-state index contributed by atoms with van der Waals surface area (Å²) in [6, 6.07) is 9.19. The fraction of sp³-hybridized carbons (Fsp3) is 0.278. The maximum absolute atomic E-state index is 12.3. The van der Waals surface area contributed by atoms with Crippen LogP contribution in [0.3, 0.4) is 0 Å². The average molecular weight is 342 g/mol. The van der Waals surface area contributed by atoms with Crippen molar-refractivity contribution in [1.82, 2.24) is 4.90 Å². The first-order valence-corrected chi connectivity index (χ1v) is 8.76. The molecule has 0 radical (unpaired) electrons. The minimum atomic E-state index is -0.123. The second-order valence-corrected chi connectivity index (χ2v) is 6.57. The summed E-state index contributed by atoms with van der Waals surface area (Å²) in [4.78, 5) is 37.6. The molecule has 5 nitrogen and oxygen atoms in total. The fourth-order valence-corrected chi connectivity index (χ4v) is 3.57. The number of nitrogens with zero attached hydrogens (tertiary/aromatic N) is 1. The van der Waals surface area contributed by atoms with Gasteiger partial charge in [-0.15, -0.1) is 11.3 Å². The van der Waals surface area contributed by atoms with Crippen LogP contribution in [0.25, 0.3) is 0 Å². The lowest BCUT2D eigenvalue weighted by Crippen LogP contribution is -2.28. The molecule has 3 rings (SSSR count). The first-order valence-electron chi connectivity index (χ1n) is 7.88. The maximum atomic E-state index is 12.3. The first-order chi connectivity index (χ1) is 11.6. The van der Waals surface area contributed by atoms with Crippen LogP contribution in [0.5, 0.6) is 0 Å². The Kier molecular flexibility index (Phi) is 4.76. The highest BCUT2D eigenvalue weighted by Gasteiger charge is 2.28. The number of carbonyl (C=O) groups is 3. The normalized spacial score (nSPS) is 14.3. The molecule has 24 heavy (non-hydrogen) atoms. The predicted octanol–water partition coefficient (Wildman–Crippen LogP) is 3.21. The summed E-state index contributed by atoms with van der Waals surface area (Å²) in [5, 5.41) is 4.80. The van der Waals surface area contributed by atoms with Crippen molar-refractivity contribution in [3.8, 4) is 0 Å². The number of thiophene rings is 1. The van der Waals surface area contributed by atoms with Crippen molar-refractivity contribution in [3.05, 3.63) is 51.7 Å². The van der Waals surface area contributed by atoms with Crippen molar-refractivity contribution >= 4 is 34.7 Å². The number of amides is 3. The van der Waals surface area contributed by atoms with E-state index >= 15 is 0 Å². The van der Waals surface area contributed by atoms with Crippen molar-refractivity contribution in [2.75, 3.05) is 5.32 Å². The molecule has 2 aromatic rings. The molecule has 1 N–H and O–H groups in total. The number of nitrogens with one attached hydrogen (secondary N) is 1. The number of anilines is 1. The largest absolute Gasteiger partial charge is 0.321 e. The summed E-state index contributed by atoms with van der Waals surface area (Å²) in [5.41, 5.74) is 2.60. The van der Waals surface area contributed by atoms with Gasteiger partial charge in [-0.05, 0) is 41.1 Å². The van der Waals surface area contributed by atoms with Crippen LogP contribution in [-0.2, 0) is 22.6 Å². The van der Waals surface area contributed by atoms with Crippen LogP contribution >= 0.6 is 11.3 Å². The van der Waals surface area contributed by atoms with Crippen molar-refractivity contribution in [3.63, 3.8) is 0 Å². The lowest BCUT2D eigenvalue weighted by atomic mass is 10.1. The van der Waals surface area contributed by atoms with Gasteiger partial charge >= 0.3 is 0 Å². The Bertz CT molecular complexity index is 764. The Morgan fingerprint density at radius 2 is 1.79 bits per heavy atom. The molecule has 0 aliphatic carbocycles. The van der Waals surface area contributed by atoms with E-state index in [0.29, 0.717) is 18.5 Å². The van der Waals surface area contributed by atoms with E-state index in [-0.39, 0.29) is 24.3 Å². The number of benzene rings is 1. The van der Waals surface area contributed by atoms with E-state index in [1.54, 1.807) is 12.1 Å². The molecule has 1 fully saturated rings. The van der Waals surface area contributed by atoms with Gasteiger partial charge in [0.05, 0.1) is 11.4 Å². The Morgan fingerprint density at radius 3 is 2.42 bits per heavy atom. The third-order valence-corrected chi connectivity index (χ3v) is 5.00. The molecule has 0 saturated carbocycles. The smallest absolute Gasteiger partial charge is 0.266 e. The fourth-order valence-electron chi connectivity index (χ4n) is 2.68. The van der Waals surface area contributed by atoms with Crippen LogP contribution in [0.15, 0.2) is 35.7 Å². The third-order valence-electron chi connectivity index (χ3n) is 4.04. The van der Waals surface area contributed by atoms with Crippen LogP contribution in [-0.4, -0.2) is 22.6 Å². The Balaban J connectivity index is 1.65. The topological polar surface area (TPSA) is 66.5 Å². The lowest BCUT2D eigenvalue weighted by molar-refractivity contribution is -0.139. The van der Waals surface area contributed by atoms with Crippen LogP contribution in [0, 0.1) is 0 Å². The Hall–Kier alpha value is -2.47. The molecular formula is C18H18N2O3S. The number of hydrogen-bond donors (Lipinski definition) is 1.